The van der Waals surface area contributed by atoms with Gasteiger partial charge in [0.15, 0.2) is 0 Å². The highest BCUT2D eigenvalue weighted by Crippen LogP contribution is 2.23. The first kappa shape index (κ1) is 19.4. The van der Waals surface area contributed by atoms with Crippen LogP contribution in [0.25, 0.3) is 11.3 Å². The molecule has 7 heteroatoms. The summed E-state index contributed by atoms with van der Waals surface area (Å²) in [5, 5.41) is 21.1. The van der Waals surface area contributed by atoms with Crippen LogP contribution in [0.2, 0.25) is 10.0 Å². The molecule has 0 aliphatic heterocycles. The largest absolute Gasteiger partial charge is 0.481 e. The van der Waals surface area contributed by atoms with Crippen molar-refractivity contribution in [3.05, 3.63) is 75.9 Å². The van der Waals surface area contributed by atoms with Gasteiger partial charge in [0.1, 0.15) is 0 Å². The van der Waals surface area contributed by atoms with E-state index in [1.54, 1.807) is 18.3 Å². The van der Waals surface area contributed by atoms with Crippen LogP contribution in [0.5, 0.6) is 0 Å². The highest BCUT2D eigenvalue weighted by Gasteiger charge is 2.18. The van der Waals surface area contributed by atoms with Crippen LogP contribution in [0.15, 0.2) is 54.7 Å². The summed E-state index contributed by atoms with van der Waals surface area (Å²) in [5.74, 6) is -1.39. The molecule has 0 fully saturated rings. The number of carboxylic acids is 1. The van der Waals surface area contributed by atoms with Gasteiger partial charge in [-0.1, -0.05) is 47.5 Å². The molecule has 0 bridgehead atoms. The van der Waals surface area contributed by atoms with Crippen molar-refractivity contribution < 1.29 is 9.90 Å². The minimum atomic E-state index is -0.840. The van der Waals surface area contributed by atoms with E-state index in [0.717, 1.165) is 22.4 Å². The minimum absolute atomic E-state index is 0.340. The van der Waals surface area contributed by atoms with Crippen LogP contribution in [0, 0.1) is 5.92 Å². The Morgan fingerprint density at radius 2 is 1.93 bits per heavy atom. The topological polar surface area (TPSA) is 78.0 Å². The van der Waals surface area contributed by atoms with Crippen LogP contribution in [0.3, 0.4) is 0 Å². The molecular formula is C20H19Cl2N3O2. The number of halogens is 2. The molecule has 0 spiro atoms. The first-order chi connectivity index (χ1) is 13.0. The van der Waals surface area contributed by atoms with E-state index in [2.05, 4.69) is 15.5 Å². The van der Waals surface area contributed by atoms with Crippen LogP contribution in [-0.4, -0.2) is 27.8 Å². The number of rotatable bonds is 8. The Kier molecular flexibility index (Phi) is 6.50. The fourth-order valence-electron chi connectivity index (χ4n) is 2.89. The number of benzene rings is 2. The maximum absolute atomic E-state index is 11.6. The van der Waals surface area contributed by atoms with Gasteiger partial charge in [0, 0.05) is 28.7 Å². The molecule has 5 nitrogen and oxygen atoms in total. The number of H-pyrrole nitrogens is 1. The van der Waals surface area contributed by atoms with E-state index in [0.29, 0.717) is 29.6 Å². The zero-order valence-corrected chi connectivity index (χ0v) is 16.0. The van der Waals surface area contributed by atoms with Crippen LogP contribution in [-0.2, 0) is 17.8 Å². The Balaban J connectivity index is 1.62. The number of hydrogen-bond acceptors (Lipinski definition) is 3. The summed E-state index contributed by atoms with van der Waals surface area (Å²) in [5.41, 5.74) is 3.73. The average molecular weight is 404 g/mol. The van der Waals surface area contributed by atoms with E-state index in [-0.39, 0.29) is 0 Å². The number of nitrogens with one attached hydrogen (secondary N) is 2. The van der Waals surface area contributed by atoms with Gasteiger partial charge in [-0.25, -0.2) is 0 Å². The molecule has 140 valence electrons. The molecule has 3 rings (SSSR count). The molecule has 0 aliphatic rings. The molecule has 2 aromatic carbocycles. The number of hydrogen-bond donors (Lipinski definition) is 3. The lowest BCUT2D eigenvalue weighted by Crippen LogP contribution is -2.29. The lowest BCUT2D eigenvalue weighted by molar-refractivity contribution is -0.141. The number of nitrogens with zero attached hydrogens (tertiary/aromatic N) is 1. The zero-order valence-electron chi connectivity index (χ0n) is 14.5. The van der Waals surface area contributed by atoms with Gasteiger partial charge in [0.25, 0.3) is 0 Å². The van der Waals surface area contributed by atoms with E-state index in [1.165, 1.54) is 0 Å². The molecule has 0 radical (unpaired) electrons. The van der Waals surface area contributed by atoms with Gasteiger partial charge in [-0.05, 0) is 41.8 Å². The summed E-state index contributed by atoms with van der Waals surface area (Å²) in [6.45, 7) is 0.848. The van der Waals surface area contributed by atoms with Crippen LogP contribution in [0.1, 0.15) is 11.1 Å². The Hall–Kier alpha value is -2.34. The Morgan fingerprint density at radius 3 is 2.63 bits per heavy atom. The van der Waals surface area contributed by atoms with E-state index >= 15 is 0 Å². The first-order valence-corrected chi connectivity index (χ1v) is 9.24. The molecule has 3 N–H and O–H groups in total. The van der Waals surface area contributed by atoms with Crippen molar-refractivity contribution in [3.63, 3.8) is 0 Å². The summed E-state index contributed by atoms with van der Waals surface area (Å²) in [4.78, 5) is 11.6. The number of carboxylic acid groups (broad SMARTS) is 1. The molecule has 0 saturated carbocycles. The SMILES string of the molecule is O=C(O)C(CNCc1cn[nH]c1-c1ccc(Cl)cc1)Cc1cccc(Cl)c1. The van der Waals surface area contributed by atoms with Crippen molar-refractivity contribution in [1.82, 2.24) is 15.5 Å². The predicted molar refractivity (Wildman–Crippen MR) is 107 cm³/mol. The van der Waals surface area contributed by atoms with Crippen molar-refractivity contribution in [3.8, 4) is 11.3 Å². The minimum Gasteiger partial charge on any atom is -0.481 e. The highest BCUT2D eigenvalue weighted by molar-refractivity contribution is 6.30. The second-order valence-electron chi connectivity index (χ2n) is 6.28. The van der Waals surface area contributed by atoms with E-state index in [4.69, 9.17) is 23.2 Å². The average Bonchev–Trinajstić information content (AvgIpc) is 3.10. The summed E-state index contributed by atoms with van der Waals surface area (Å²) < 4.78 is 0. The summed E-state index contributed by atoms with van der Waals surface area (Å²) >= 11 is 11.9. The molecule has 0 saturated heterocycles. The first-order valence-electron chi connectivity index (χ1n) is 8.49. The third-order valence-corrected chi connectivity index (χ3v) is 4.76. The predicted octanol–water partition coefficient (Wildman–Crippen LogP) is 4.42. The summed E-state index contributed by atoms with van der Waals surface area (Å²) in [6, 6.07) is 14.8. The Bertz CT molecular complexity index is 910. The number of carbonyl (C=O) groups is 1. The van der Waals surface area contributed by atoms with Gasteiger partial charge in [-0.15, -0.1) is 0 Å². The second-order valence-corrected chi connectivity index (χ2v) is 7.15. The molecular weight excluding hydrogens is 385 g/mol. The molecule has 3 aromatic rings. The van der Waals surface area contributed by atoms with Crippen molar-refractivity contribution in [2.45, 2.75) is 13.0 Å². The summed E-state index contributed by atoms with van der Waals surface area (Å²) in [6.07, 6.45) is 2.15. The van der Waals surface area contributed by atoms with Gasteiger partial charge in [-0.3, -0.25) is 9.89 Å². The second kappa shape index (κ2) is 9.04. The molecule has 27 heavy (non-hydrogen) atoms. The molecule has 1 unspecified atom stereocenters. The molecule has 0 aliphatic carbocycles. The van der Waals surface area contributed by atoms with E-state index < -0.39 is 11.9 Å². The van der Waals surface area contributed by atoms with Crippen LogP contribution in [0.4, 0.5) is 0 Å². The smallest absolute Gasteiger partial charge is 0.308 e. The number of aliphatic carboxylic acids is 1. The highest BCUT2D eigenvalue weighted by atomic mass is 35.5. The van der Waals surface area contributed by atoms with Crippen LogP contribution >= 0.6 is 23.2 Å². The molecule has 1 heterocycles. The lowest BCUT2D eigenvalue weighted by atomic mass is 9.99. The Labute approximate surface area is 167 Å². The van der Waals surface area contributed by atoms with Crippen molar-refractivity contribution in [2.75, 3.05) is 6.54 Å². The molecule has 1 aromatic heterocycles. The normalized spacial score (nSPS) is 12.1. The third-order valence-electron chi connectivity index (χ3n) is 4.28. The zero-order chi connectivity index (χ0) is 19.2. The third kappa shape index (κ3) is 5.32. The van der Waals surface area contributed by atoms with Gasteiger partial charge in [-0.2, -0.15) is 5.10 Å². The number of aromatic nitrogens is 2. The molecule has 1 atom stereocenters. The lowest BCUT2D eigenvalue weighted by Gasteiger charge is -2.14. The quantitative estimate of drug-likeness (QED) is 0.520. The van der Waals surface area contributed by atoms with Gasteiger partial charge >= 0.3 is 5.97 Å². The van der Waals surface area contributed by atoms with Gasteiger partial charge in [0.2, 0.25) is 0 Å². The van der Waals surface area contributed by atoms with Gasteiger partial charge < -0.3 is 10.4 Å². The van der Waals surface area contributed by atoms with Crippen molar-refractivity contribution >= 4 is 29.2 Å². The molecule has 0 amide bonds. The standard InChI is InChI=1S/C20H19Cl2N3O2/c21-17-6-4-14(5-7-17)19-16(12-24-25-19)11-23-10-15(20(26)27)8-13-2-1-3-18(22)9-13/h1-7,9,12,15,23H,8,10-11H2,(H,24,25)(H,26,27). The van der Waals surface area contributed by atoms with Crippen molar-refractivity contribution in [1.29, 1.82) is 0 Å². The van der Waals surface area contributed by atoms with Gasteiger partial charge in [0.05, 0.1) is 17.8 Å². The monoisotopic (exact) mass is 403 g/mol. The fraction of sp³-hybridized carbons (Fsp3) is 0.200. The number of aromatic amines is 1. The maximum Gasteiger partial charge on any atom is 0.308 e. The van der Waals surface area contributed by atoms with E-state index in [9.17, 15) is 9.90 Å². The maximum atomic E-state index is 11.6. The Morgan fingerprint density at radius 1 is 1.15 bits per heavy atom. The van der Waals surface area contributed by atoms with Crippen LogP contribution < -0.4 is 5.32 Å². The van der Waals surface area contributed by atoms with Crippen molar-refractivity contribution in [2.24, 2.45) is 5.92 Å². The summed E-state index contributed by atoms with van der Waals surface area (Å²) in [7, 11) is 0. The van der Waals surface area contributed by atoms with E-state index in [1.807, 2.05) is 36.4 Å². The fourth-order valence-corrected chi connectivity index (χ4v) is 3.23.